The minimum atomic E-state index is -0.587. The number of ether oxygens (including phenoxy) is 1. The van der Waals surface area contributed by atoms with Gasteiger partial charge in [0.15, 0.2) is 11.6 Å². The van der Waals surface area contributed by atoms with E-state index in [9.17, 15) is 9.59 Å². The fourth-order valence-electron chi connectivity index (χ4n) is 3.44. The molecule has 0 spiro atoms. The molecule has 0 aliphatic heterocycles. The summed E-state index contributed by atoms with van der Waals surface area (Å²) in [5.41, 5.74) is 1.40. The zero-order chi connectivity index (χ0) is 19.4. The SMILES string of the molecule is CC(C)(Br)C(=O)c1ccc(Oc2ccc(C(=O)C3CCCCC3)cc2)cc1. The first-order valence-electron chi connectivity index (χ1n) is 9.50. The number of halogens is 1. The molecule has 0 aromatic heterocycles. The van der Waals surface area contributed by atoms with Gasteiger partial charge in [-0.25, -0.2) is 0 Å². The molecule has 0 N–H and O–H groups in total. The fourth-order valence-corrected chi connectivity index (χ4v) is 3.67. The van der Waals surface area contributed by atoms with Gasteiger partial charge in [0.1, 0.15) is 11.5 Å². The lowest BCUT2D eigenvalue weighted by Gasteiger charge is -2.20. The third-order valence-electron chi connectivity index (χ3n) is 5.01. The van der Waals surface area contributed by atoms with E-state index in [0.29, 0.717) is 17.1 Å². The summed E-state index contributed by atoms with van der Waals surface area (Å²) in [7, 11) is 0. The summed E-state index contributed by atoms with van der Waals surface area (Å²) in [5, 5.41) is 0. The predicted molar refractivity (Wildman–Crippen MR) is 111 cm³/mol. The smallest absolute Gasteiger partial charge is 0.178 e. The summed E-state index contributed by atoms with van der Waals surface area (Å²) >= 11 is 3.39. The number of hydrogen-bond donors (Lipinski definition) is 0. The molecule has 1 saturated carbocycles. The van der Waals surface area contributed by atoms with Gasteiger partial charge in [-0.15, -0.1) is 0 Å². The van der Waals surface area contributed by atoms with Crippen molar-refractivity contribution in [3.8, 4) is 11.5 Å². The molecule has 1 aliphatic rings. The highest BCUT2D eigenvalue weighted by Gasteiger charge is 2.25. The molecule has 0 heterocycles. The highest BCUT2D eigenvalue weighted by atomic mass is 79.9. The maximum Gasteiger partial charge on any atom is 0.178 e. The van der Waals surface area contributed by atoms with E-state index < -0.39 is 4.32 Å². The Labute approximate surface area is 169 Å². The van der Waals surface area contributed by atoms with Crippen molar-refractivity contribution < 1.29 is 14.3 Å². The zero-order valence-corrected chi connectivity index (χ0v) is 17.4. The average Bonchev–Trinajstić information content (AvgIpc) is 2.68. The molecule has 2 aromatic rings. The summed E-state index contributed by atoms with van der Waals surface area (Å²) in [4.78, 5) is 24.8. The highest BCUT2D eigenvalue weighted by Crippen LogP contribution is 2.29. The molecular formula is C23H25BrO3. The van der Waals surface area contributed by atoms with Crippen LogP contribution in [0.4, 0.5) is 0 Å². The molecule has 0 bridgehead atoms. The van der Waals surface area contributed by atoms with E-state index in [1.54, 1.807) is 24.3 Å². The van der Waals surface area contributed by atoms with Crippen molar-refractivity contribution in [1.29, 1.82) is 0 Å². The van der Waals surface area contributed by atoms with Crippen molar-refractivity contribution in [3.63, 3.8) is 0 Å². The monoisotopic (exact) mass is 428 g/mol. The van der Waals surface area contributed by atoms with E-state index >= 15 is 0 Å². The molecule has 0 saturated heterocycles. The van der Waals surface area contributed by atoms with E-state index in [4.69, 9.17) is 4.74 Å². The molecule has 3 rings (SSSR count). The van der Waals surface area contributed by atoms with E-state index in [2.05, 4.69) is 15.9 Å². The number of benzene rings is 2. The predicted octanol–water partition coefficient (Wildman–Crippen LogP) is 6.60. The molecule has 4 heteroatoms. The Morgan fingerprint density at radius 2 is 1.33 bits per heavy atom. The summed E-state index contributed by atoms with van der Waals surface area (Å²) in [6.45, 7) is 3.66. The van der Waals surface area contributed by atoms with Crippen molar-refractivity contribution in [2.45, 2.75) is 50.3 Å². The second-order valence-corrected chi connectivity index (χ2v) is 9.63. The van der Waals surface area contributed by atoms with E-state index in [0.717, 1.165) is 31.2 Å². The number of hydrogen-bond acceptors (Lipinski definition) is 3. The lowest BCUT2D eigenvalue weighted by molar-refractivity contribution is 0.0889. The Bertz CT molecular complexity index is 795. The third kappa shape index (κ3) is 5.07. The number of alkyl halides is 1. The van der Waals surface area contributed by atoms with Gasteiger partial charge in [0.2, 0.25) is 0 Å². The van der Waals surface area contributed by atoms with Crippen LogP contribution >= 0.6 is 15.9 Å². The van der Waals surface area contributed by atoms with Crippen LogP contribution in [0.5, 0.6) is 11.5 Å². The molecule has 27 heavy (non-hydrogen) atoms. The van der Waals surface area contributed by atoms with Crippen molar-refractivity contribution in [2.75, 3.05) is 0 Å². The maximum absolute atomic E-state index is 12.6. The largest absolute Gasteiger partial charge is 0.457 e. The van der Waals surface area contributed by atoms with Gasteiger partial charge in [-0.2, -0.15) is 0 Å². The Hall–Kier alpha value is -1.94. The summed E-state index contributed by atoms with van der Waals surface area (Å²) < 4.78 is 5.26. The standard InChI is InChI=1S/C23H25BrO3/c1-23(2,24)22(26)18-10-14-20(15-11-18)27-19-12-8-17(9-13-19)21(25)16-6-4-3-5-7-16/h8-16H,3-7H2,1-2H3. The molecule has 0 amide bonds. The summed E-state index contributed by atoms with van der Waals surface area (Å²) in [6, 6.07) is 14.5. The van der Waals surface area contributed by atoms with Gasteiger partial charge in [-0.05, 0) is 75.2 Å². The van der Waals surface area contributed by atoms with Crippen LogP contribution in [0.25, 0.3) is 0 Å². The fraction of sp³-hybridized carbons (Fsp3) is 0.391. The highest BCUT2D eigenvalue weighted by molar-refractivity contribution is 9.10. The minimum Gasteiger partial charge on any atom is -0.457 e. The Morgan fingerprint density at radius 3 is 1.81 bits per heavy atom. The first-order valence-corrected chi connectivity index (χ1v) is 10.3. The van der Waals surface area contributed by atoms with Crippen LogP contribution in [-0.4, -0.2) is 15.9 Å². The molecule has 1 aliphatic carbocycles. The van der Waals surface area contributed by atoms with E-state index in [1.165, 1.54) is 6.42 Å². The molecule has 1 fully saturated rings. The van der Waals surface area contributed by atoms with Crippen LogP contribution in [0.15, 0.2) is 48.5 Å². The lowest BCUT2D eigenvalue weighted by atomic mass is 9.84. The van der Waals surface area contributed by atoms with Crippen LogP contribution in [0.2, 0.25) is 0 Å². The van der Waals surface area contributed by atoms with Gasteiger partial charge >= 0.3 is 0 Å². The van der Waals surface area contributed by atoms with Crippen LogP contribution in [0.1, 0.15) is 66.7 Å². The van der Waals surface area contributed by atoms with E-state index in [1.807, 2.05) is 38.1 Å². The molecule has 3 nitrogen and oxygen atoms in total. The van der Waals surface area contributed by atoms with Gasteiger partial charge in [0.05, 0.1) is 4.32 Å². The van der Waals surface area contributed by atoms with Crippen molar-refractivity contribution in [2.24, 2.45) is 5.92 Å². The molecule has 0 atom stereocenters. The Morgan fingerprint density at radius 1 is 0.852 bits per heavy atom. The van der Waals surface area contributed by atoms with Crippen molar-refractivity contribution in [1.82, 2.24) is 0 Å². The van der Waals surface area contributed by atoms with E-state index in [-0.39, 0.29) is 17.5 Å². The normalized spacial score (nSPS) is 15.4. The number of carbonyl (C=O) groups excluding carboxylic acids is 2. The van der Waals surface area contributed by atoms with Gasteiger partial charge < -0.3 is 4.74 Å². The second kappa shape index (κ2) is 8.39. The minimum absolute atomic E-state index is 0.0274. The van der Waals surface area contributed by atoms with Crippen LogP contribution in [0, 0.1) is 5.92 Å². The quantitative estimate of drug-likeness (QED) is 0.384. The topological polar surface area (TPSA) is 43.4 Å². The maximum atomic E-state index is 12.6. The summed E-state index contributed by atoms with van der Waals surface area (Å²) in [6.07, 6.45) is 5.57. The van der Waals surface area contributed by atoms with Crippen molar-refractivity contribution >= 4 is 27.5 Å². The second-order valence-electron chi connectivity index (χ2n) is 7.65. The Balaban J connectivity index is 1.64. The van der Waals surface area contributed by atoms with Gasteiger partial charge in [0.25, 0.3) is 0 Å². The molecular weight excluding hydrogens is 404 g/mol. The number of ketones is 2. The van der Waals surface area contributed by atoms with Gasteiger partial charge in [0, 0.05) is 17.0 Å². The van der Waals surface area contributed by atoms with Gasteiger partial charge in [-0.1, -0.05) is 35.2 Å². The van der Waals surface area contributed by atoms with Crippen LogP contribution in [-0.2, 0) is 0 Å². The number of rotatable bonds is 6. The molecule has 0 unspecified atom stereocenters. The Kier molecular flexibility index (Phi) is 6.15. The van der Waals surface area contributed by atoms with Crippen LogP contribution < -0.4 is 4.74 Å². The summed E-state index contributed by atoms with van der Waals surface area (Å²) in [5.74, 6) is 1.79. The van der Waals surface area contributed by atoms with Gasteiger partial charge in [-0.3, -0.25) is 9.59 Å². The number of Topliss-reactive ketones (excluding diaryl/α,β-unsaturated/α-hetero) is 2. The van der Waals surface area contributed by atoms with Crippen molar-refractivity contribution in [3.05, 3.63) is 59.7 Å². The molecule has 2 aromatic carbocycles. The third-order valence-corrected chi connectivity index (χ3v) is 5.37. The molecule has 142 valence electrons. The lowest BCUT2D eigenvalue weighted by Crippen LogP contribution is -2.23. The first-order chi connectivity index (χ1) is 12.8. The first kappa shape index (κ1) is 19.8. The average molecular weight is 429 g/mol. The number of carbonyl (C=O) groups is 2. The zero-order valence-electron chi connectivity index (χ0n) is 15.8. The van der Waals surface area contributed by atoms with Crippen LogP contribution in [0.3, 0.4) is 0 Å². The molecule has 0 radical (unpaired) electrons.